The van der Waals surface area contributed by atoms with E-state index in [9.17, 15) is 4.79 Å². The number of aromatic nitrogens is 3. The van der Waals surface area contributed by atoms with E-state index in [2.05, 4.69) is 20.7 Å². The number of anilines is 1. The third kappa shape index (κ3) is 4.32. The lowest BCUT2D eigenvalue weighted by Gasteiger charge is -2.15. The summed E-state index contributed by atoms with van der Waals surface area (Å²) in [5, 5.41) is 13.7. The van der Waals surface area contributed by atoms with Crippen LogP contribution in [0, 0.1) is 5.92 Å². The van der Waals surface area contributed by atoms with Crippen LogP contribution in [0.1, 0.15) is 11.5 Å². The van der Waals surface area contributed by atoms with Crippen LogP contribution in [-0.4, -0.2) is 33.8 Å². The maximum Gasteiger partial charge on any atom is 0.231 e. The number of rotatable bonds is 4. The highest BCUT2D eigenvalue weighted by Crippen LogP contribution is 2.31. The van der Waals surface area contributed by atoms with Crippen LogP contribution >= 0.6 is 35.3 Å². The summed E-state index contributed by atoms with van der Waals surface area (Å²) in [4.78, 5) is 17.3. The van der Waals surface area contributed by atoms with Gasteiger partial charge in [-0.1, -0.05) is 23.7 Å². The average molecular weight is 424 g/mol. The predicted octanol–water partition coefficient (Wildman–Crippen LogP) is 3.56. The first-order valence-corrected chi connectivity index (χ1v) is 9.57. The summed E-state index contributed by atoms with van der Waals surface area (Å²) in [6.45, 7) is 1.42. The van der Waals surface area contributed by atoms with Crippen molar-refractivity contribution in [3.8, 4) is 11.3 Å². The monoisotopic (exact) mass is 423 g/mol. The molecule has 0 unspecified atom stereocenters. The summed E-state index contributed by atoms with van der Waals surface area (Å²) in [7, 11) is 1.88. The maximum absolute atomic E-state index is 12.8. The molecule has 1 aromatic carbocycles. The van der Waals surface area contributed by atoms with E-state index in [1.807, 2.05) is 49.1 Å². The largest absolute Gasteiger partial charge is 0.315 e. The molecule has 27 heavy (non-hydrogen) atoms. The lowest BCUT2D eigenvalue weighted by molar-refractivity contribution is -0.119. The standard InChI is InChI=1S/C18H18ClN5OS.ClH/c1-24-9-12(6-21-24)14-7-20-8-15(14)17(25)23-18-22-16(10-26-18)11-3-2-4-13(19)5-11;/h2-6,9-10,14-15,20H,7-8H2,1H3,(H,22,23,25);1H/t14-,15+;/m1./s1. The van der Waals surface area contributed by atoms with Gasteiger partial charge in [0.1, 0.15) is 0 Å². The van der Waals surface area contributed by atoms with Crippen molar-refractivity contribution in [1.82, 2.24) is 20.1 Å². The van der Waals surface area contributed by atoms with Gasteiger partial charge in [-0.05, 0) is 17.7 Å². The Morgan fingerprint density at radius 3 is 3.00 bits per heavy atom. The molecular formula is C18H19Cl2N5OS. The van der Waals surface area contributed by atoms with E-state index >= 15 is 0 Å². The molecule has 0 spiro atoms. The summed E-state index contributed by atoms with van der Waals surface area (Å²) < 4.78 is 1.76. The highest BCUT2D eigenvalue weighted by atomic mass is 35.5. The van der Waals surface area contributed by atoms with Gasteiger partial charge in [0.25, 0.3) is 0 Å². The molecule has 0 radical (unpaired) electrons. The van der Waals surface area contributed by atoms with Crippen LogP contribution in [0.2, 0.25) is 5.02 Å². The molecule has 2 aromatic heterocycles. The summed E-state index contributed by atoms with van der Waals surface area (Å²) in [5.41, 5.74) is 2.82. The highest BCUT2D eigenvalue weighted by Gasteiger charge is 2.35. The Morgan fingerprint density at radius 2 is 2.26 bits per heavy atom. The Labute approximate surface area is 172 Å². The zero-order valence-electron chi connectivity index (χ0n) is 14.6. The number of nitrogens with one attached hydrogen (secondary N) is 2. The predicted molar refractivity (Wildman–Crippen MR) is 111 cm³/mol. The molecule has 3 heterocycles. The van der Waals surface area contributed by atoms with Crippen molar-refractivity contribution in [3.05, 3.63) is 52.6 Å². The van der Waals surface area contributed by atoms with E-state index in [0.717, 1.165) is 23.4 Å². The Bertz CT molecular complexity index is 941. The van der Waals surface area contributed by atoms with Gasteiger partial charge in [0.05, 0.1) is 17.8 Å². The zero-order valence-corrected chi connectivity index (χ0v) is 16.9. The van der Waals surface area contributed by atoms with Gasteiger partial charge in [-0.25, -0.2) is 4.98 Å². The van der Waals surface area contributed by atoms with Gasteiger partial charge in [-0.3, -0.25) is 9.48 Å². The lowest BCUT2D eigenvalue weighted by Crippen LogP contribution is -2.28. The molecule has 1 fully saturated rings. The van der Waals surface area contributed by atoms with Crippen LogP contribution in [0.15, 0.2) is 42.0 Å². The van der Waals surface area contributed by atoms with E-state index in [-0.39, 0.29) is 30.2 Å². The fraction of sp³-hybridized carbons (Fsp3) is 0.278. The van der Waals surface area contributed by atoms with Crippen molar-refractivity contribution < 1.29 is 4.79 Å². The van der Waals surface area contributed by atoms with Gasteiger partial charge in [-0.2, -0.15) is 5.10 Å². The molecule has 1 aliphatic heterocycles. The topological polar surface area (TPSA) is 71.8 Å². The van der Waals surface area contributed by atoms with E-state index < -0.39 is 0 Å². The SMILES string of the molecule is Cl.Cn1cc([C@H]2CNC[C@@H]2C(=O)Nc2nc(-c3cccc(Cl)c3)cs2)cn1. The maximum atomic E-state index is 12.8. The van der Waals surface area contributed by atoms with Crippen molar-refractivity contribution in [2.45, 2.75) is 5.92 Å². The molecule has 4 rings (SSSR count). The van der Waals surface area contributed by atoms with Gasteiger partial charge >= 0.3 is 0 Å². The first-order chi connectivity index (χ1) is 12.6. The van der Waals surface area contributed by atoms with E-state index in [1.165, 1.54) is 11.3 Å². The van der Waals surface area contributed by atoms with E-state index in [0.29, 0.717) is 16.7 Å². The van der Waals surface area contributed by atoms with Gasteiger partial charge in [0.2, 0.25) is 5.91 Å². The highest BCUT2D eigenvalue weighted by molar-refractivity contribution is 7.14. The number of hydrogen-bond acceptors (Lipinski definition) is 5. The summed E-state index contributed by atoms with van der Waals surface area (Å²) in [6, 6.07) is 7.52. The van der Waals surface area contributed by atoms with Crippen LogP contribution in [0.5, 0.6) is 0 Å². The first kappa shape index (κ1) is 19.8. The lowest BCUT2D eigenvalue weighted by atomic mass is 9.90. The van der Waals surface area contributed by atoms with E-state index in [1.54, 1.807) is 4.68 Å². The zero-order chi connectivity index (χ0) is 18.1. The first-order valence-electron chi connectivity index (χ1n) is 8.32. The summed E-state index contributed by atoms with van der Waals surface area (Å²) in [5.74, 6) is -0.0374. The quantitative estimate of drug-likeness (QED) is 0.672. The Balaban J connectivity index is 0.00000210. The molecule has 1 saturated heterocycles. The molecule has 0 aliphatic carbocycles. The fourth-order valence-electron chi connectivity index (χ4n) is 3.25. The molecular weight excluding hydrogens is 405 g/mol. The Hall–Kier alpha value is -1.93. The van der Waals surface area contributed by atoms with Crippen molar-refractivity contribution in [2.24, 2.45) is 13.0 Å². The number of carbonyl (C=O) groups excluding carboxylic acids is 1. The van der Waals surface area contributed by atoms with Crippen molar-refractivity contribution in [2.75, 3.05) is 18.4 Å². The minimum absolute atomic E-state index is 0. The molecule has 1 aliphatic rings. The molecule has 3 aromatic rings. The number of hydrogen-bond donors (Lipinski definition) is 2. The van der Waals surface area contributed by atoms with Crippen LogP contribution in [0.3, 0.4) is 0 Å². The van der Waals surface area contributed by atoms with Crippen LogP contribution < -0.4 is 10.6 Å². The summed E-state index contributed by atoms with van der Waals surface area (Å²) in [6.07, 6.45) is 3.80. The van der Waals surface area contributed by atoms with Crippen molar-refractivity contribution in [1.29, 1.82) is 0 Å². The normalized spacial score (nSPS) is 18.9. The number of thiazole rings is 1. The van der Waals surface area contributed by atoms with Gasteiger partial charge < -0.3 is 10.6 Å². The molecule has 2 atom stereocenters. The molecule has 142 valence electrons. The van der Waals surface area contributed by atoms with Crippen molar-refractivity contribution >= 4 is 46.4 Å². The number of nitrogens with zero attached hydrogens (tertiary/aromatic N) is 3. The smallest absolute Gasteiger partial charge is 0.231 e. The van der Waals surface area contributed by atoms with Gasteiger partial charge in [0, 0.05) is 48.2 Å². The van der Waals surface area contributed by atoms with Crippen molar-refractivity contribution in [3.63, 3.8) is 0 Å². The van der Waals surface area contributed by atoms with Crippen LogP contribution in [-0.2, 0) is 11.8 Å². The third-order valence-corrected chi connectivity index (χ3v) is 5.55. The third-order valence-electron chi connectivity index (χ3n) is 4.56. The Morgan fingerprint density at radius 1 is 1.41 bits per heavy atom. The minimum Gasteiger partial charge on any atom is -0.315 e. The van der Waals surface area contributed by atoms with Gasteiger partial charge in [0.15, 0.2) is 5.13 Å². The number of amides is 1. The van der Waals surface area contributed by atoms with E-state index in [4.69, 9.17) is 11.6 Å². The molecule has 0 saturated carbocycles. The number of aryl methyl sites for hydroxylation is 1. The molecule has 1 amide bonds. The Kier molecular flexibility index (Phi) is 6.16. The summed E-state index contributed by atoms with van der Waals surface area (Å²) >= 11 is 7.46. The second-order valence-electron chi connectivity index (χ2n) is 6.36. The average Bonchev–Trinajstić information content (AvgIpc) is 3.34. The second-order valence-corrected chi connectivity index (χ2v) is 7.65. The van der Waals surface area contributed by atoms with Gasteiger partial charge in [-0.15, -0.1) is 23.7 Å². The molecule has 9 heteroatoms. The second kappa shape index (κ2) is 8.39. The number of carbonyl (C=O) groups is 1. The van der Waals surface area contributed by atoms with Crippen LogP contribution in [0.4, 0.5) is 5.13 Å². The molecule has 2 N–H and O–H groups in total. The fourth-order valence-corrected chi connectivity index (χ4v) is 4.16. The number of benzene rings is 1. The molecule has 6 nitrogen and oxygen atoms in total. The number of halogens is 2. The van der Waals surface area contributed by atoms with Crippen LogP contribution in [0.25, 0.3) is 11.3 Å². The molecule has 0 bridgehead atoms. The minimum atomic E-state index is -0.141.